The lowest BCUT2D eigenvalue weighted by molar-refractivity contribution is 0.589. The van der Waals surface area contributed by atoms with Gasteiger partial charge in [0.15, 0.2) is 0 Å². The summed E-state index contributed by atoms with van der Waals surface area (Å²) >= 11 is 0. The number of benzene rings is 3. The molecule has 0 aliphatic rings. The van der Waals surface area contributed by atoms with E-state index < -0.39 is 0 Å². The Labute approximate surface area is 158 Å². The highest BCUT2D eigenvalue weighted by Crippen LogP contribution is 2.36. The van der Waals surface area contributed by atoms with Crippen molar-refractivity contribution in [3.63, 3.8) is 0 Å². The van der Waals surface area contributed by atoms with Gasteiger partial charge in [-0.15, -0.1) is 0 Å². The van der Waals surface area contributed by atoms with Gasteiger partial charge in [-0.2, -0.15) is 10.5 Å². The molecule has 0 saturated carbocycles. The van der Waals surface area contributed by atoms with Crippen molar-refractivity contribution >= 4 is 21.8 Å². The molecule has 0 spiro atoms. The molecule has 1 heterocycles. The normalized spacial score (nSPS) is 11.4. The van der Waals surface area contributed by atoms with E-state index in [0.29, 0.717) is 16.8 Å². The predicted octanol–water partition coefficient (Wildman–Crippen LogP) is 5.82. The summed E-state index contributed by atoms with van der Waals surface area (Å²) in [5.41, 5.74) is 4.53. The smallest absolute Gasteiger partial charge is 0.101 e. The maximum absolute atomic E-state index is 9.90. The molecule has 0 aliphatic carbocycles. The number of aromatic nitrogens is 1. The number of nitrogens with zero attached hydrogens (tertiary/aromatic N) is 3. The third-order valence-electron chi connectivity index (χ3n) is 5.02. The van der Waals surface area contributed by atoms with Gasteiger partial charge in [0, 0.05) is 10.8 Å². The molecule has 3 heteroatoms. The van der Waals surface area contributed by atoms with E-state index in [1.165, 1.54) is 0 Å². The molecule has 130 valence electrons. The highest BCUT2D eigenvalue weighted by molar-refractivity contribution is 6.09. The Morgan fingerprint density at radius 2 is 1.19 bits per heavy atom. The first kappa shape index (κ1) is 16.9. The monoisotopic (exact) mass is 349 g/mol. The molecule has 0 saturated heterocycles. The molecule has 27 heavy (non-hydrogen) atoms. The Bertz CT molecular complexity index is 1180. The van der Waals surface area contributed by atoms with Gasteiger partial charge in [0.25, 0.3) is 0 Å². The zero-order valence-corrected chi connectivity index (χ0v) is 15.6. The van der Waals surface area contributed by atoms with Crippen molar-refractivity contribution in [2.45, 2.75) is 26.2 Å². The van der Waals surface area contributed by atoms with Crippen LogP contribution in [0.4, 0.5) is 0 Å². The molecule has 0 unspecified atom stereocenters. The Morgan fingerprint density at radius 3 is 1.59 bits per heavy atom. The summed E-state index contributed by atoms with van der Waals surface area (Å²) in [6, 6.07) is 24.7. The summed E-state index contributed by atoms with van der Waals surface area (Å²) in [5, 5.41) is 22.0. The van der Waals surface area contributed by atoms with Crippen LogP contribution in [0.5, 0.6) is 0 Å². The van der Waals surface area contributed by atoms with Gasteiger partial charge in [-0.05, 0) is 35.2 Å². The average molecular weight is 349 g/mol. The van der Waals surface area contributed by atoms with Gasteiger partial charge >= 0.3 is 0 Å². The number of nitriles is 2. The molecule has 0 amide bonds. The summed E-state index contributed by atoms with van der Waals surface area (Å²) in [4.78, 5) is 0. The predicted molar refractivity (Wildman–Crippen MR) is 109 cm³/mol. The molecular weight excluding hydrogens is 330 g/mol. The van der Waals surface area contributed by atoms with Crippen molar-refractivity contribution in [2.75, 3.05) is 0 Å². The maximum atomic E-state index is 9.90. The molecule has 0 aliphatic heterocycles. The molecular formula is C24H19N3. The lowest BCUT2D eigenvalue weighted by Crippen LogP contribution is -2.13. The first-order valence-corrected chi connectivity index (χ1v) is 8.93. The Hall–Kier alpha value is -3.56. The molecule has 3 nitrogen and oxygen atoms in total. The topological polar surface area (TPSA) is 52.5 Å². The quantitative estimate of drug-likeness (QED) is 0.434. The summed E-state index contributed by atoms with van der Waals surface area (Å²) in [5.74, 6) is 0. The number of hydrogen-bond donors (Lipinski definition) is 0. The van der Waals surface area contributed by atoms with Crippen LogP contribution >= 0.6 is 0 Å². The van der Waals surface area contributed by atoms with Gasteiger partial charge in [-0.3, -0.25) is 0 Å². The molecule has 0 N–H and O–H groups in total. The summed E-state index contributed by atoms with van der Waals surface area (Å²) < 4.78 is 2.05. The zero-order chi connectivity index (χ0) is 19.2. The second-order valence-electron chi connectivity index (χ2n) is 7.76. The fourth-order valence-corrected chi connectivity index (χ4v) is 3.64. The molecule has 4 rings (SSSR count). The second kappa shape index (κ2) is 6.01. The second-order valence-corrected chi connectivity index (χ2v) is 7.76. The molecule has 0 fully saturated rings. The van der Waals surface area contributed by atoms with Crippen LogP contribution in [0.1, 0.15) is 37.5 Å². The number of hydrogen-bond acceptors (Lipinski definition) is 2. The van der Waals surface area contributed by atoms with E-state index in [9.17, 15) is 10.5 Å². The van der Waals surface area contributed by atoms with Crippen molar-refractivity contribution in [2.24, 2.45) is 0 Å². The maximum Gasteiger partial charge on any atom is 0.101 e. The van der Waals surface area contributed by atoms with Crippen LogP contribution in [0.25, 0.3) is 27.5 Å². The van der Waals surface area contributed by atoms with Crippen LogP contribution in [0, 0.1) is 22.7 Å². The van der Waals surface area contributed by atoms with Crippen LogP contribution in [-0.4, -0.2) is 4.57 Å². The van der Waals surface area contributed by atoms with E-state index in [-0.39, 0.29) is 5.41 Å². The first-order valence-electron chi connectivity index (χ1n) is 8.93. The first-order chi connectivity index (χ1) is 13.0. The minimum Gasteiger partial charge on any atom is -0.307 e. The van der Waals surface area contributed by atoms with Crippen LogP contribution in [0.3, 0.4) is 0 Å². The Balaban J connectivity index is 2.20. The molecule has 0 radical (unpaired) electrons. The van der Waals surface area contributed by atoms with Crippen molar-refractivity contribution in [3.8, 4) is 17.8 Å². The number of fused-ring (bicyclic) bond motifs is 3. The molecule has 3 aromatic carbocycles. The van der Waals surface area contributed by atoms with E-state index in [1.807, 2.05) is 53.1 Å². The van der Waals surface area contributed by atoms with Gasteiger partial charge in [0.2, 0.25) is 0 Å². The SMILES string of the molecule is CC(C)(C)c1cc(C#N)c(-n2c3ccccc3c3ccccc32)c(C#N)c1. The van der Waals surface area contributed by atoms with E-state index in [1.54, 1.807) is 0 Å². The van der Waals surface area contributed by atoms with E-state index >= 15 is 0 Å². The van der Waals surface area contributed by atoms with Gasteiger partial charge in [-0.25, -0.2) is 0 Å². The molecule has 1 aromatic heterocycles. The van der Waals surface area contributed by atoms with E-state index in [4.69, 9.17) is 0 Å². The van der Waals surface area contributed by atoms with Gasteiger partial charge < -0.3 is 4.57 Å². The van der Waals surface area contributed by atoms with E-state index in [2.05, 4.69) is 45.0 Å². The van der Waals surface area contributed by atoms with Gasteiger partial charge in [0.05, 0.1) is 27.8 Å². The third-order valence-corrected chi connectivity index (χ3v) is 5.02. The lowest BCUT2D eigenvalue weighted by atomic mass is 9.84. The van der Waals surface area contributed by atoms with Crippen molar-refractivity contribution in [3.05, 3.63) is 77.4 Å². The van der Waals surface area contributed by atoms with Crippen molar-refractivity contribution < 1.29 is 0 Å². The minimum absolute atomic E-state index is 0.142. The number of para-hydroxylation sites is 2. The summed E-state index contributed by atoms with van der Waals surface area (Å²) in [7, 11) is 0. The molecule has 0 atom stereocenters. The average Bonchev–Trinajstić information content (AvgIpc) is 3.00. The molecule has 0 bridgehead atoms. The van der Waals surface area contributed by atoms with Crippen LogP contribution < -0.4 is 0 Å². The van der Waals surface area contributed by atoms with Gasteiger partial charge in [-0.1, -0.05) is 57.2 Å². The fourth-order valence-electron chi connectivity index (χ4n) is 3.64. The Morgan fingerprint density at radius 1 is 0.741 bits per heavy atom. The van der Waals surface area contributed by atoms with Crippen LogP contribution in [0.2, 0.25) is 0 Å². The van der Waals surface area contributed by atoms with Crippen molar-refractivity contribution in [1.82, 2.24) is 4.57 Å². The fraction of sp³-hybridized carbons (Fsp3) is 0.167. The van der Waals surface area contributed by atoms with Crippen LogP contribution in [0.15, 0.2) is 60.7 Å². The summed E-state index contributed by atoms with van der Waals surface area (Å²) in [6.45, 7) is 6.26. The lowest BCUT2D eigenvalue weighted by Gasteiger charge is -2.21. The van der Waals surface area contributed by atoms with Crippen molar-refractivity contribution in [1.29, 1.82) is 10.5 Å². The highest BCUT2D eigenvalue weighted by Gasteiger charge is 2.22. The third kappa shape index (κ3) is 2.57. The minimum atomic E-state index is -0.142. The van der Waals surface area contributed by atoms with Crippen LogP contribution in [-0.2, 0) is 5.41 Å². The van der Waals surface area contributed by atoms with Gasteiger partial charge in [0.1, 0.15) is 12.1 Å². The largest absolute Gasteiger partial charge is 0.307 e. The summed E-state index contributed by atoms with van der Waals surface area (Å²) in [6.07, 6.45) is 0. The number of rotatable bonds is 1. The standard InChI is InChI=1S/C24H19N3/c1-24(2,3)18-12-16(14-25)23(17(13-18)15-26)27-21-10-6-4-8-19(21)20-9-5-7-11-22(20)27/h4-13H,1-3H3. The van der Waals surface area contributed by atoms with E-state index in [0.717, 1.165) is 27.4 Å². The Kier molecular flexibility index (Phi) is 3.76. The molecule has 4 aromatic rings. The highest BCUT2D eigenvalue weighted by atomic mass is 15.0. The zero-order valence-electron chi connectivity index (χ0n) is 15.6.